The van der Waals surface area contributed by atoms with Gasteiger partial charge < -0.3 is 10.5 Å². The Kier molecular flexibility index (Phi) is 3.85. The number of para-hydroxylation sites is 1. The predicted octanol–water partition coefficient (Wildman–Crippen LogP) is 2.08. The first-order valence-corrected chi connectivity index (χ1v) is 6.13. The molecule has 2 rings (SSSR count). The topological polar surface area (TPSA) is 70.1 Å². The number of benzene rings is 1. The Labute approximate surface area is 112 Å². The summed E-state index contributed by atoms with van der Waals surface area (Å²) in [7, 11) is 0. The fourth-order valence-corrected chi connectivity index (χ4v) is 1.78. The molecule has 1 aromatic heterocycles. The van der Waals surface area contributed by atoms with Gasteiger partial charge in [0.05, 0.1) is 12.3 Å². The highest BCUT2D eigenvalue weighted by Gasteiger charge is 2.09. The van der Waals surface area contributed by atoms with Gasteiger partial charge in [-0.1, -0.05) is 18.2 Å². The van der Waals surface area contributed by atoms with Crippen LogP contribution < -0.4 is 5.73 Å². The van der Waals surface area contributed by atoms with Gasteiger partial charge in [0.2, 0.25) is 0 Å². The normalized spacial score (nSPS) is 10.7. The summed E-state index contributed by atoms with van der Waals surface area (Å²) in [5, 5.41) is 4.14. The summed E-state index contributed by atoms with van der Waals surface area (Å²) in [4.78, 5) is 11.5. The fraction of sp³-hybridized carbons (Fsp3) is 0.286. The molecule has 0 radical (unpaired) electrons. The molecular formula is C14H17N3O2. The van der Waals surface area contributed by atoms with Gasteiger partial charge >= 0.3 is 5.97 Å². The third-order valence-electron chi connectivity index (χ3n) is 2.56. The number of nitrogens with zero attached hydrogens (tertiary/aromatic N) is 2. The van der Waals surface area contributed by atoms with Crippen LogP contribution in [-0.4, -0.2) is 21.9 Å². The number of anilines is 1. The van der Waals surface area contributed by atoms with Gasteiger partial charge in [-0.25, -0.2) is 0 Å². The van der Waals surface area contributed by atoms with E-state index in [0.717, 1.165) is 11.1 Å². The van der Waals surface area contributed by atoms with Gasteiger partial charge in [-0.15, -0.1) is 0 Å². The van der Waals surface area contributed by atoms with Crippen molar-refractivity contribution in [2.24, 2.45) is 0 Å². The number of hydrogen-bond acceptors (Lipinski definition) is 4. The first kappa shape index (κ1) is 13.1. The molecule has 5 heteroatoms. The number of rotatable bonds is 4. The molecule has 0 fully saturated rings. The minimum atomic E-state index is -0.300. The van der Waals surface area contributed by atoms with Gasteiger partial charge in [-0.05, 0) is 19.9 Å². The lowest BCUT2D eigenvalue weighted by Gasteiger charge is -2.07. The standard InChI is InChI=1S/C14H17N3O2/c1-10(2)19-14(18)9-17-8-11(7-16-17)12-5-3-4-6-13(12)15/h3-8,10H,9,15H2,1-2H3. The molecule has 0 unspecified atom stereocenters. The van der Waals surface area contributed by atoms with Crippen LogP contribution in [0.4, 0.5) is 5.69 Å². The molecule has 2 N–H and O–H groups in total. The second-order valence-electron chi connectivity index (χ2n) is 4.55. The van der Waals surface area contributed by atoms with Crippen molar-refractivity contribution in [2.45, 2.75) is 26.5 Å². The van der Waals surface area contributed by atoms with E-state index in [9.17, 15) is 4.79 Å². The molecule has 1 aromatic carbocycles. The van der Waals surface area contributed by atoms with Crippen molar-refractivity contribution < 1.29 is 9.53 Å². The van der Waals surface area contributed by atoms with E-state index in [0.29, 0.717) is 5.69 Å². The molecule has 0 atom stereocenters. The molecule has 0 aliphatic heterocycles. The zero-order valence-electron chi connectivity index (χ0n) is 11.0. The second-order valence-corrected chi connectivity index (χ2v) is 4.55. The molecule has 100 valence electrons. The largest absolute Gasteiger partial charge is 0.462 e. The van der Waals surface area contributed by atoms with Gasteiger partial charge in [-0.2, -0.15) is 5.10 Å². The minimum Gasteiger partial charge on any atom is -0.462 e. The molecular weight excluding hydrogens is 242 g/mol. The highest BCUT2D eigenvalue weighted by atomic mass is 16.5. The van der Waals surface area contributed by atoms with Crippen LogP contribution in [0.15, 0.2) is 36.7 Å². The maximum absolute atomic E-state index is 11.5. The highest BCUT2D eigenvalue weighted by Crippen LogP contribution is 2.24. The zero-order chi connectivity index (χ0) is 13.8. The van der Waals surface area contributed by atoms with Crippen molar-refractivity contribution in [1.82, 2.24) is 9.78 Å². The van der Waals surface area contributed by atoms with Crippen LogP contribution in [0.3, 0.4) is 0 Å². The maximum Gasteiger partial charge on any atom is 0.328 e. The van der Waals surface area contributed by atoms with Crippen molar-refractivity contribution >= 4 is 11.7 Å². The molecule has 0 bridgehead atoms. The number of carbonyl (C=O) groups is 1. The quantitative estimate of drug-likeness (QED) is 0.674. The number of esters is 1. The number of ether oxygens (including phenoxy) is 1. The first-order chi connectivity index (χ1) is 9.06. The zero-order valence-corrected chi connectivity index (χ0v) is 11.0. The van der Waals surface area contributed by atoms with Crippen molar-refractivity contribution in [1.29, 1.82) is 0 Å². The lowest BCUT2D eigenvalue weighted by Crippen LogP contribution is -2.17. The van der Waals surface area contributed by atoms with Crippen LogP contribution in [0.5, 0.6) is 0 Å². The summed E-state index contributed by atoms with van der Waals surface area (Å²) in [5.74, 6) is -0.300. The third-order valence-corrected chi connectivity index (χ3v) is 2.56. The van der Waals surface area contributed by atoms with Crippen molar-refractivity contribution in [3.05, 3.63) is 36.7 Å². The second kappa shape index (κ2) is 5.56. The van der Waals surface area contributed by atoms with E-state index in [4.69, 9.17) is 10.5 Å². The first-order valence-electron chi connectivity index (χ1n) is 6.13. The van der Waals surface area contributed by atoms with Gasteiger partial charge in [0.25, 0.3) is 0 Å². The summed E-state index contributed by atoms with van der Waals surface area (Å²) < 4.78 is 6.62. The van der Waals surface area contributed by atoms with Gasteiger partial charge in [0.15, 0.2) is 0 Å². The minimum absolute atomic E-state index is 0.102. The SMILES string of the molecule is CC(C)OC(=O)Cn1cc(-c2ccccc2N)cn1. The Morgan fingerprint density at radius 2 is 2.16 bits per heavy atom. The predicted molar refractivity (Wildman–Crippen MR) is 73.3 cm³/mol. The fourth-order valence-electron chi connectivity index (χ4n) is 1.78. The Morgan fingerprint density at radius 3 is 2.84 bits per heavy atom. The Hall–Kier alpha value is -2.30. The van der Waals surface area contributed by atoms with Crippen molar-refractivity contribution in [3.8, 4) is 11.1 Å². The van der Waals surface area contributed by atoms with E-state index < -0.39 is 0 Å². The molecule has 0 aliphatic carbocycles. The van der Waals surface area contributed by atoms with Crippen LogP contribution in [-0.2, 0) is 16.1 Å². The van der Waals surface area contributed by atoms with E-state index in [-0.39, 0.29) is 18.6 Å². The molecule has 1 heterocycles. The van der Waals surface area contributed by atoms with Crippen molar-refractivity contribution in [2.75, 3.05) is 5.73 Å². The molecule has 0 aliphatic rings. The Balaban J connectivity index is 2.12. The van der Waals surface area contributed by atoms with Crippen LogP contribution in [0.1, 0.15) is 13.8 Å². The van der Waals surface area contributed by atoms with Gasteiger partial charge in [0, 0.05) is 23.0 Å². The number of aromatic nitrogens is 2. The summed E-state index contributed by atoms with van der Waals surface area (Å²) >= 11 is 0. The average Bonchev–Trinajstić information content (AvgIpc) is 2.76. The average molecular weight is 259 g/mol. The molecule has 19 heavy (non-hydrogen) atoms. The summed E-state index contributed by atoms with van der Waals surface area (Å²) in [6, 6.07) is 7.54. The van der Waals surface area contributed by atoms with E-state index in [1.54, 1.807) is 17.1 Å². The van der Waals surface area contributed by atoms with E-state index in [2.05, 4.69) is 5.10 Å². The Morgan fingerprint density at radius 1 is 1.42 bits per heavy atom. The van der Waals surface area contributed by atoms with Crippen LogP contribution in [0.25, 0.3) is 11.1 Å². The molecule has 5 nitrogen and oxygen atoms in total. The molecule has 0 spiro atoms. The lowest BCUT2D eigenvalue weighted by molar-refractivity contribution is -0.148. The lowest BCUT2D eigenvalue weighted by atomic mass is 10.1. The molecule has 0 amide bonds. The maximum atomic E-state index is 11.5. The molecule has 0 saturated carbocycles. The number of nitrogens with two attached hydrogens (primary N) is 1. The molecule has 0 saturated heterocycles. The Bertz CT molecular complexity index is 576. The third kappa shape index (κ3) is 3.34. The van der Waals surface area contributed by atoms with E-state index >= 15 is 0 Å². The number of carbonyl (C=O) groups excluding carboxylic acids is 1. The van der Waals surface area contributed by atoms with Gasteiger partial charge in [0.1, 0.15) is 6.54 Å². The monoisotopic (exact) mass is 259 g/mol. The van der Waals surface area contributed by atoms with Crippen molar-refractivity contribution in [3.63, 3.8) is 0 Å². The highest BCUT2D eigenvalue weighted by molar-refractivity contribution is 5.75. The van der Waals surface area contributed by atoms with Crippen LogP contribution >= 0.6 is 0 Å². The van der Waals surface area contributed by atoms with Gasteiger partial charge in [-0.3, -0.25) is 9.48 Å². The smallest absolute Gasteiger partial charge is 0.328 e. The summed E-state index contributed by atoms with van der Waals surface area (Å²) in [6.07, 6.45) is 3.36. The number of hydrogen-bond donors (Lipinski definition) is 1. The summed E-state index contributed by atoms with van der Waals surface area (Å²) in [6.45, 7) is 3.74. The van der Waals surface area contributed by atoms with E-state index in [1.807, 2.05) is 38.1 Å². The van der Waals surface area contributed by atoms with Crippen LogP contribution in [0.2, 0.25) is 0 Å². The molecule has 2 aromatic rings. The number of nitrogen functional groups attached to an aromatic ring is 1. The van der Waals surface area contributed by atoms with Crippen LogP contribution in [0, 0.1) is 0 Å². The van der Waals surface area contributed by atoms with E-state index in [1.165, 1.54) is 0 Å². The summed E-state index contributed by atoms with van der Waals surface area (Å²) in [5.41, 5.74) is 8.38.